The van der Waals surface area contributed by atoms with E-state index in [4.69, 9.17) is 33.2 Å². The number of carbonyl (C=O) groups excluding carboxylic acids is 6. The third-order valence-corrected chi connectivity index (χ3v) is 11.6. The monoisotopic (exact) mass is 906 g/mol. The summed E-state index contributed by atoms with van der Waals surface area (Å²) >= 11 is 0. The Bertz CT molecular complexity index is 2370. The summed E-state index contributed by atoms with van der Waals surface area (Å²) in [5.74, 6) is -0.451. The second-order valence-corrected chi connectivity index (χ2v) is 16.2. The SMILES string of the molecule is C=CC(=O)OCCCCOc1ccc(C(=O)Oc2c(C)cc(OC(=O)C3CCC(C(=O)Oc4cc(C)c(OC(=O)c5ccc(OCCCCOC=O)cc5)c(C)c4C)CC3)c(C)c2C)cc1. The molecule has 0 N–H and O–H groups in total. The number of hydrogen-bond donors (Lipinski definition) is 0. The predicted molar refractivity (Wildman–Crippen MR) is 243 cm³/mol. The van der Waals surface area contributed by atoms with Crippen LogP contribution in [0.15, 0.2) is 73.3 Å². The zero-order valence-corrected chi connectivity index (χ0v) is 38.5. The molecule has 14 nitrogen and oxygen atoms in total. The van der Waals surface area contributed by atoms with Crippen LogP contribution in [0.4, 0.5) is 0 Å². The molecule has 1 aliphatic carbocycles. The first-order valence-electron chi connectivity index (χ1n) is 22.1. The number of rotatable bonds is 22. The first-order chi connectivity index (χ1) is 31.7. The third-order valence-electron chi connectivity index (χ3n) is 11.6. The Hall–Kier alpha value is -6.96. The predicted octanol–water partition coefficient (Wildman–Crippen LogP) is 9.51. The first kappa shape index (κ1) is 50.0. The van der Waals surface area contributed by atoms with Crippen molar-refractivity contribution >= 4 is 36.3 Å². The molecule has 0 atom stereocenters. The summed E-state index contributed by atoms with van der Waals surface area (Å²) in [4.78, 5) is 74.5. The normalized spacial score (nSPS) is 14.3. The van der Waals surface area contributed by atoms with E-state index in [1.165, 1.54) is 0 Å². The van der Waals surface area contributed by atoms with Crippen LogP contribution in [0.1, 0.15) is 105 Å². The molecule has 0 saturated heterocycles. The number of carbonyl (C=O) groups is 6. The summed E-state index contributed by atoms with van der Waals surface area (Å²) in [5.41, 5.74) is 4.56. The third kappa shape index (κ3) is 13.8. The molecule has 0 spiro atoms. The van der Waals surface area contributed by atoms with Crippen LogP contribution in [0, 0.1) is 53.4 Å². The maximum atomic E-state index is 13.4. The van der Waals surface area contributed by atoms with E-state index in [9.17, 15) is 28.8 Å². The fraction of sp³-hybridized carbons (Fsp3) is 0.385. The lowest BCUT2D eigenvalue weighted by Gasteiger charge is -2.26. The van der Waals surface area contributed by atoms with Crippen molar-refractivity contribution in [3.63, 3.8) is 0 Å². The van der Waals surface area contributed by atoms with E-state index in [2.05, 4.69) is 11.3 Å². The standard InChI is InChI=1S/C52H58O14/c1-8-46(54)62-28-12-11-27-61-43-23-19-41(20-24-43)52(58)66-48-33(3)30-45(35(5)37(48)7)64-50(56)39-15-13-38(14-16-39)49(55)63-44-29-32(2)47(36(6)34(44)4)65-51(57)40-17-21-42(22-18-40)60-26-10-9-25-59-31-53/h8,17-24,29-31,38-39H,1,9-16,25-28H2,2-7H3. The molecule has 66 heavy (non-hydrogen) atoms. The highest BCUT2D eigenvalue weighted by Gasteiger charge is 2.33. The summed E-state index contributed by atoms with van der Waals surface area (Å²) in [6, 6.07) is 16.6. The zero-order valence-electron chi connectivity index (χ0n) is 38.5. The molecule has 0 bridgehead atoms. The molecule has 0 radical (unpaired) electrons. The fourth-order valence-corrected chi connectivity index (χ4v) is 7.35. The quantitative estimate of drug-likeness (QED) is 0.0240. The van der Waals surface area contributed by atoms with Crippen LogP contribution in [0.5, 0.6) is 34.5 Å². The molecule has 350 valence electrons. The minimum Gasteiger partial charge on any atom is -0.494 e. The van der Waals surface area contributed by atoms with E-state index < -0.39 is 35.7 Å². The van der Waals surface area contributed by atoms with Crippen molar-refractivity contribution < 1.29 is 66.7 Å². The molecule has 1 aliphatic rings. The average Bonchev–Trinajstić information content (AvgIpc) is 3.32. The Balaban J connectivity index is 1.08. The molecule has 4 aromatic carbocycles. The van der Waals surface area contributed by atoms with Crippen LogP contribution in [0.3, 0.4) is 0 Å². The number of aryl methyl sites for hydroxylation is 2. The van der Waals surface area contributed by atoms with Crippen LogP contribution in [0.25, 0.3) is 0 Å². The van der Waals surface area contributed by atoms with Gasteiger partial charge in [0.1, 0.15) is 34.5 Å². The molecule has 5 rings (SSSR count). The summed E-state index contributed by atoms with van der Waals surface area (Å²) in [5, 5.41) is 0. The lowest BCUT2D eigenvalue weighted by Crippen LogP contribution is -2.30. The molecule has 1 saturated carbocycles. The van der Waals surface area contributed by atoms with Gasteiger partial charge in [0.05, 0.1) is 49.4 Å². The van der Waals surface area contributed by atoms with Gasteiger partial charge in [0.25, 0.3) is 6.47 Å². The van der Waals surface area contributed by atoms with Gasteiger partial charge in [-0.05, 0) is 187 Å². The maximum absolute atomic E-state index is 13.4. The first-order valence-corrected chi connectivity index (χ1v) is 22.1. The van der Waals surface area contributed by atoms with E-state index in [0.717, 1.165) is 6.08 Å². The smallest absolute Gasteiger partial charge is 0.343 e. The zero-order chi connectivity index (χ0) is 47.8. The lowest BCUT2D eigenvalue weighted by atomic mass is 9.82. The van der Waals surface area contributed by atoms with Gasteiger partial charge in [-0.25, -0.2) is 14.4 Å². The van der Waals surface area contributed by atoms with Gasteiger partial charge in [0.2, 0.25) is 0 Å². The van der Waals surface area contributed by atoms with Gasteiger partial charge < -0.3 is 37.9 Å². The molecule has 0 unspecified atom stereocenters. The summed E-state index contributed by atoms with van der Waals surface area (Å²) < 4.78 is 44.5. The highest BCUT2D eigenvalue weighted by atomic mass is 16.6. The van der Waals surface area contributed by atoms with E-state index >= 15 is 0 Å². The number of hydrogen-bond acceptors (Lipinski definition) is 14. The largest absolute Gasteiger partial charge is 0.494 e. The van der Waals surface area contributed by atoms with Gasteiger partial charge in [0, 0.05) is 6.08 Å². The van der Waals surface area contributed by atoms with Crippen molar-refractivity contribution in [2.75, 3.05) is 26.4 Å². The van der Waals surface area contributed by atoms with Gasteiger partial charge in [-0.3, -0.25) is 14.4 Å². The summed E-state index contributed by atoms with van der Waals surface area (Å²) in [6.07, 6.45) is 5.61. The Morgan fingerprint density at radius 1 is 0.545 bits per heavy atom. The fourth-order valence-electron chi connectivity index (χ4n) is 7.35. The average molecular weight is 907 g/mol. The molecule has 0 aliphatic heterocycles. The summed E-state index contributed by atoms with van der Waals surface area (Å²) in [6.45, 7) is 16.0. The second-order valence-electron chi connectivity index (χ2n) is 16.2. The molecule has 14 heteroatoms. The number of ether oxygens (including phenoxy) is 8. The van der Waals surface area contributed by atoms with Crippen molar-refractivity contribution in [1.29, 1.82) is 0 Å². The molecular formula is C52H58O14. The minimum atomic E-state index is -0.548. The summed E-state index contributed by atoms with van der Waals surface area (Å²) in [7, 11) is 0. The number of unbranched alkanes of at least 4 members (excludes halogenated alkanes) is 2. The van der Waals surface area contributed by atoms with Crippen molar-refractivity contribution in [2.24, 2.45) is 11.8 Å². The van der Waals surface area contributed by atoms with Crippen LogP contribution in [0.2, 0.25) is 0 Å². The van der Waals surface area contributed by atoms with Gasteiger partial charge in [-0.15, -0.1) is 0 Å². The van der Waals surface area contributed by atoms with Crippen LogP contribution in [-0.2, 0) is 28.7 Å². The van der Waals surface area contributed by atoms with Crippen LogP contribution >= 0.6 is 0 Å². The minimum absolute atomic E-state index is 0.284. The van der Waals surface area contributed by atoms with Gasteiger partial charge in [-0.2, -0.15) is 0 Å². The van der Waals surface area contributed by atoms with Crippen molar-refractivity contribution in [1.82, 2.24) is 0 Å². The highest BCUT2D eigenvalue weighted by Crippen LogP contribution is 2.38. The van der Waals surface area contributed by atoms with Crippen LogP contribution < -0.4 is 28.4 Å². The van der Waals surface area contributed by atoms with Gasteiger partial charge >= 0.3 is 29.8 Å². The van der Waals surface area contributed by atoms with Crippen LogP contribution in [-0.4, -0.2) is 62.7 Å². The van der Waals surface area contributed by atoms with Crippen molar-refractivity contribution in [3.05, 3.63) is 118 Å². The molecule has 0 aromatic heterocycles. The second kappa shape index (κ2) is 24.4. The molecular weight excluding hydrogens is 849 g/mol. The van der Waals surface area contributed by atoms with Gasteiger partial charge in [-0.1, -0.05) is 6.58 Å². The Labute approximate surface area is 385 Å². The molecule has 4 aromatic rings. The van der Waals surface area contributed by atoms with Gasteiger partial charge in [0.15, 0.2) is 0 Å². The highest BCUT2D eigenvalue weighted by molar-refractivity contribution is 5.92. The number of benzene rings is 4. The Morgan fingerprint density at radius 2 is 0.939 bits per heavy atom. The molecule has 0 heterocycles. The van der Waals surface area contributed by atoms with E-state index in [1.54, 1.807) is 102 Å². The lowest BCUT2D eigenvalue weighted by molar-refractivity contribution is -0.145. The van der Waals surface area contributed by atoms with E-state index in [0.29, 0.717) is 157 Å². The van der Waals surface area contributed by atoms with Crippen molar-refractivity contribution in [2.45, 2.75) is 92.9 Å². The van der Waals surface area contributed by atoms with E-state index in [1.807, 2.05) is 0 Å². The van der Waals surface area contributed by atoms with E-state index in [-0.39, 0.29) is 12.6 Å². The maximum Gasteiger partial charge on any atom is 0.343 e. The Morgan fingerprint density at radius 3 is 1.33 bits per heavy atom. The topological polar surface area (TPSA) is 176 Å². The molecule has 0 amide bonds. The Kier molecular flexibility index (Phi) is 18.5. The van der Waals surface area contributed by atoms with Crippen molar-refractivity contribution in [3.8, 4) is 34.5 Å². The molecule has 1 fully saturated rings. The number of esters is 5.